The maximum atomic E-state index is 9.56. The minimum absolute atomic E-state index is 0.0158. The van der Waals surface area contributed by atoms with Crippen LogP contribution in [-0.4, -0.2) is 40.4 Å². The Labute approximate surface area is 210 Å². The van der Waals surface area contributed by atoms with Gasteiger partial charge in [0.25, 0.3) is 0 Å². The molecule has 2 aromatic heterocycles. The number of anilines is 2. The number of pyridine rings is 1. The topological polar surface area (TPSA) is 107 Å². The van der Waals surface area contributed by atoms with E-state index in [0.29, 0.717) is 6.54 Å². The van der Waals surface area contributed by atoms with Crippen LogP contribution in [0.3, 0.4) is 0 Å². The number of rotatable bonds is 1. The molecule has 3 aliphatic heterocycles. The molecule has 7 rings (SSSR count). The zero-order chi connectivity index (χ0) is 24.3. The molecule has 3 aromatic rings. The van der Waals surface area contributed by atoms with Gasteiger partial charge in [0.05, 0.1) is 41.4 Å². The molecule has 1 saturated heterocycles. The van der Waals surface area contributed by atoms with Crippen LogP contribution >= 0.6 is 0 Å². The number of amidine groups is 1. The summed E-state index contributed by atoms with van der Waals surface area (Å²) in [6, 6.07) is 12.4. The first-order valence-electron chi connectivity index (χ1n) is 12.8. The average Bonchev–Trinajstić information content (AvgIpc) is 3.47. The molecule has 0 unspecified atom stereocenters. The van der Waals surface area contributed by atoms with Crippen molar-refractivity contribution in [2.45, 2.75) is 44.7 Å². The molecule has 0 amide bonds. The lowest BCUT2D eigenvalue weighted by Crippen LogP contribution is -2.44. The number of aryl methyl sites for hydroxylation is 1. The molecular weight excluding hydrogens is 448 g/mol. The number of hydrogen-bond donors (Lipinski definition) is 1. The van der Waals surface area contributed by atoms with E-state index in [1.165, 1.54) is 0 Å². The highest BCUT2D eigenvalue weighted by Crippen LogP contribution is 2.51. The Bertz CT molecular complexity index is 1430. The number of benzene rings is 1. The SMILES string of the molecule is N#Cc1cccc2c1CC1(CCN(c3cnc4c(n3)CN=C4N3CCCc4ncccc43)CC1)[C@@H]2N. The second kappa shape index (κ2) is 8.10. The summed E-state index contributed by atoms with van der Waals surface area (Å²) in [5, 5.41) is 9.56. The summed E-state index contributed by atoms with van der Waals surface area (Å²) in [6.45, 7) is 3.25. The van der Waals surface area contributed by atoms with E-state index in [-0.39, 0.29) is 11.5 Å². The van der Waals surface area contributed by atoms with Crippen molar-refractivity contribution in [2.24, 2.45) is 16.1 Å². The molecule has 8 nitrogen and oxygen atoms in total. The van der Waals surface area contributed by atoms with E-state index in [9.17, 15) is 5.26 Å². The first kappa shape index (κ1) is 21.5. The number of piperidine rings is 1. The Morgan fingerprint density at radius 3 is 2.81 bits per heavy atom. The Morgan fingerprint density at radius 1 is 1.06 bits per heavy atom. The number of aliphatic imine (C=N–C) groups is 1. The molecule has 5 heterocycles. The van der Waals surface area contributed by atoms with Crippen LogP contribution in [0, 0.1) is 16.7 Å². The van der Waals surface area contributed by atoms with Gasteiger partial charge in [-0.15, -0.1) is 0 Å². The molecule has 8 heteroatoms. The van der Waals surface area contributed by atoms with E-state index in [1.54, 1.807) is 0 Å². The van der Waals surface area contributed by atoms with Crippen molar-refractivity contribution >= 4 is 17.3 Å². The molecule has 0 radical (unpaired) electrons. The zero-order valence-corrected chi connectivity index (χ0v) is 20.2. The fraction of sp³-hybridized carbons (Fsp3) is 0.393. The molecule has 4 aliphatic rings. The van der Waals surface area contributed by atoms with E-state index < -0.39 is 0 Å². The van der Waals surface area contributed by atoms with Crippen molar-refractivity contribution in [3.05, 3.63) is 76.5 Å². The van der Waals surface area contributed by atoms with Crippen LogP contribution in [0.15, 0.2) is 47.7 Å². The molecule has 1 aromatic carbocycles. The molecular formula is C28H28N8. The lowest BCUT2D eigenvalue weighted by Gasteiger charge is -2.42. The van der Waals surface area contributed by atoms with Crippen LogP contribution in [0.2, 0.25) is 0 Å². The van der Waals surface area contributed by atoms with Gasteiger partial charge >= 0.3 is 0 Å². The lowest BCUT2D eigenvalue weighted by molar-refractivity contribution is 0.187. The van der Waals surface area contributed by atoms with Crippen molar-refractivity contribution in [1.29, 1.82) is 5.26 Å². The van der Waals surface area contributed by atoms with Gasteiger partial charge < -0.3 is 15.5 Å². The van der Waals surface area contributed by atoms with Gasteiger partial charge in [-0.2, -0.15) is 5.26 Å². The van der Waals surface area contributed by atoms with E-state index in [2.05, 4.69) is 33.0 Å². The minimum Gasteiger partial charge on any atom is -0.355 e. The Hall–Kier alpha value is -3.83. The first-order chi connectivity index (χ1) is 17.7. The molecule has 1 atom stereocenters. The number of nitrogens with zero attached hydrogens (tertiary/aromatic N) is 7. The van der Waals surface area contributed by atoms with E-state index in [4.69, 9.17) is 20.7 Å². The molecule has 1 fully saturated rings. The number of fused-ring (bicyclic) bond motifs is 3. The van der Waals surface area contributed by atoms with E-state index in [1.807, 2.05) is 30.6 Å². The highest BCUT2D eigenvalue weighted by molar-refractivity contribution is 6.11. The van der Waals surface area contributed by atoms with Crippen LogP contribution in [0.1, 0.15) is 59.1 Å². The lowest BCUT2D eigenvalue weighted by atomic mass is 9.73. The van der Waals surface area contributed by atoms with E-state index >= 15 is 0 Å². The van der Waals surface area contributed by atoms with Crippen molar-refractivity contribution in [3.63, 3.8) is 0 Å². The zero-order valence-electron chi connectivity index (χ0n) is 20.2. The largest absolute Gasteiger partial charge is 0.355 e. The summed E-state index contributed by atoms with van der Waals surface area (Å²) in [5.74, 6) is 1.83. The molecule has 1 spiro atoms. The van der Waals surface area contributed by atoms with Gasteiger partial charge in [0, 0.05) is 31.9 Å². The van der Waals surface area contributed by atoms with Gasteiger partial charge in [-0.05, 0) is 66.8 Å². The number of nitrogens with two attached hydrogens (primary N) is 1. The predicted octanol–water partition coefficient (Wildman–Crippen LogP) is 3.30. The smallest absolute Gasteiger partial charge is 0.156 e. The fourth-order valence-corrected chi connectivity index (χ4v) is 6.58. The summed E-state index contributed by atoms with van der Waals surface area (Å²) in [4.78, 5) is 23.9. The number of aromatic nitrogens is 3. The van der Waals surface area contributed by atoms with Crippen LogP contribution in [0.4, 0.5) is 11.5 Å². The fourth-order valence-electron chi connectivity index (χ4n) is 6.58. The van der Waals surface area contributed by atoms with E-state index in [0.717, 1.165) is 103 Å². The number of hydrogen-bond acceptors (Lipinski definition) is 8. The number of nitriles is 1. The predicted molar refractivity (Wildman–Crippen MR) is 138 cm³/mol. The molecule has 0 bridgehead atoms. The Balaban J connectivity index is 1.09. The normalized spacial score (nSPS) is 21.6. The van der Waals surface area contributed by atoms with Gasteiger partial charge in [0.1, 0.15) is 11.5 Å². The van der Waals surface area contributed by atoms with Crippen LogP contribution < -0.4 is 15.5 Å². The van der Waals surface area contributed by atoms with Gasteiger partial charge in [-0.1, -0.05) is 12.1 Å². The summed E-state index contributed by atoms with van der Waals surface area (Å²) >= 11 is 0. The maximum absolute atomic E-state index is 9.56. The second-order valence-electron chi connectivity index (χ2n) is 10.4. The van der Waals surface area contributed by atoms with Crippen molar-refractivity contribution in [2.75, 3.05) is 29.4 Å². The Morgan fingerprint density at radius 2 is 1.94 bits per heavy atom. The second-order valence-corrected chi connectivity index (χ2v) is 10.4. The molecule has 180 valence electrons. The van der Waals surface area contributed by atoms with Crippen LogP contribution in [0.5, 0.6) is 0 Å². The molecule has 36 heavy (non-hydrogen) atoms. The van der Waals surface area contributed by atoms with Crippen molar-refractivity contribution in [1.82, 2.24) is 15.0 Å². The summed E-state index contributed by atoms with van der Waals surface area (Å²) < 4.78 is 0. The van der Waals surface area contributed by atoms with Crippen molar-refractivity contribution in [3.8, 4) is 6.07 Å². The summed E-state index contributed by atoms with van der Waals surface area (Å²) in [5.41, 5.74) is 14.0. The van der Waals surface area contributed by atoms with Gasteiger partial charge in [-0.25, -0.2) is 9.97 Å². The highest BCUT2D eigenvalue weighted by Gasteiger charge is 2.47. The van der Waals surface area contributed by atoms with Crippen molar-refractivity contribution < 1.29 is 0 Å². The molecule has 2 N–H and O–H groups in total. The first-order valence-corrected chi connectivity index (χ1v) is 12.8. The van der Waals surface area contributed by atoms with Crippen LogP contribution in [0.25, 0.3) is 0 Å². The average molecular weight is 477 g/mol. The highest BCUT2D eigenvalue weighted by atomic mass is 15.3. The van der Waals surface area contributed by atoms with Gasteiger partial charge in [0.2, 0.25) is 0 Å². The van der Waals surface area contributed by atoms with Gasteiger partial charge in [-0.3, -0.25) is 9.98 Å². The third kappa shape index (κ3) is 3.16. The maximum Gasteiger partial charge on any atom is 0.156 e. The third-order valence-electron chi connectivity index (χ3n) is 8.57. The molecule has 0 saturated carbocycles. The summed E-state index contributed by atoms with van der Waals surface area (Å²) in [7, 11) is 0. The van der Waals surface area contributed by atoms with Gasteiger partial charge in [0.15, 0.2) is 5.84 Å². The van der Waals surface area contributed by atoms with Crippen LogP contribution in [-0.2, 0) is 19.4 Å². The Kier molecular flexibility index (Phi) is 4.83. The molecule has 1 aliphatic carbocycles. The quantitative estimate of drug-likeness (QED) is 0.574. The monoisotopic (exact) mass is 476 g/mol. The minimum atomic E-state index is -0.0214. The summed E-state index contributed by atoms with van der Waals surface area (Å²) in [6.07, 6.45) is 8.67. The third-order valence-corrected chi connectivity index (χ3v) is 8.57. The standard InChI is InChI=1S/C28H28N8/c29-15-18-4-1-5-19-20(18)14-28(26(19)30)8-12-35(13-9-28)24-17-32-25-22(34-24)16-33-27(25)36-11-3-6-21-23(36)7-2-10-31-21/h1-2,4-5,7,10,17,26H,3,6,8-9,11-14,16,30H2/t26-/m1/s1.